The zero-order valence-electron chi connectivity index (χ0n) is 8.04. The van der Waals surface area contributed by atoms with Gasteiger partial charge in [-0.1, -0.05) is 0 Å². The zero-order chi connectivity index (χ0) is 11.5. The number of anilines is 1. The molecule has 2 N–H and O–H groups in total. The minimum absolute atomic E-state index is 0.322. The Kier molecular flexibility index (Phi) is 3.30. The Morgan fingerprint density at radius 2 is 2.33 bits per heavy atom. The number of hydrogen-bond acceptors (Lipinski definition) is 4. The third kappa shape index (κ3) is 3.98. The Bertz CT molecular complexity index is 451. The first-order valence-electron chi connectivity index (χ1n) is 4.10. The molecule has 15 heavy (non-hydrogen) atoms. The van der Waals surface area contributed by atoms with E-state index in [9.17, 15) is 13.2 Å². The van der Waals surface area contributed by atoms with Crippen molar-refractivity contribution in [3.8, 4) is 0 Å². The highest BCUT2D eigenvalue weighted by Gasteiger charge is 2.13. The molecule has 0 amide bonds. The molecule has 1 aromatic rings. The monoisotopic (exact) mass is 233 g/mol. The van der Waals surface area contributed by atoms with E-state index >= 15 is 0 Å². The van der Waals surface area contributed by atoms with Crippen LogP contribution in [0.2, 0.25) is 0 Å². The Hall–Kier alpha value is -1.57. The summed E-state index contributed by atoms with van der Waals surface area (Å²) in [4.78, 5) is 10.2. The summed E-state index contributed by atoms with van der Waals surface area (Å²) in [7, 11) is -1.95. The average Bonchev–Trinajstić information content (AvgIpc) is 2.47. The van der Waals surface area contributed by atoms with E-state index in [1.165, 1.54) is 17.1 Å². The minimum Gasteiger partial charge on any atom is -0.481 e. The Labute approximate surface area is 86.8 Å². The predicted molar refractivity (Wildman–Crippen MR) is 52.9 cm³/mol. The van der Waals surface area contributed by atoms with Gasteiger partial charge < -0.3 is 5.11 Å². The quantitative estimate of drug-likeness (QED) is 0.723. The number of aromatic nitrogens is 2. The Morgan fingerprint density at radius 3 is 2.80 bits per heavy atom. The number of sulfonamides is 1. The normalized spacial score (nSPS) is 11.3. The number of nitrogens with zero attached hydrogens (tertiary/aromatic N) is 2. The lowest BCUT2D eigenvalue weighted by Gasteiger charge is -2.03. The van der Waals surface area contributed by atoms with Crippen molar-refractivity contribution in [2.24, 2.45) is 7.05 Å². The highest BCUT2D eigenvalue weighted by atomic mass is 32.2. The van der Waals surface area contributed by atoms with Crippen LogP contribution in [0.5, 0.6) is 0 Å². The van der Waals surface area contributed by atoms with E-state index in [0.29, 0.717) is 5.69 Å². The lowest BCUT2D eigenvalue weighted by atomic mass is 10.5. The van der Waals surface area contributed by atoms with Gasteiger partial charge in [-0.15, -0.1) is 0 Å². The van der Waals surface area contributed by atoms with Crippen LogP contribution in [0, 0.1) is 0 Å². The first kappa shape index (κ1) is 11.5. The summed E-state index contributed by atoms with van der Waals surface area (Å²) >= 11 is 0. The largest absolute Gasteiger partial charge is 0.481 e. The molecule has 0 saturated heterocycles. The summed E-state index contributed by atoms with van der Waals surface area (Å²) in [5.41, 5.74) is 0.322. The molecule has 1 rings (SSSR count). The van der Waals surface area contributed by atoms with Crippen LogP contribution < -0.4 is 4.72 Å². The van der Waals surface area contributed by atoms with Crippen LogP contribution in [0.1, 0.15) is 6.42 Å². The van der Waals surface area contributed by atoms with Crippen molar-refractivity contribution in [1.29, 1.82) is 0 Å². The molecule has 0 aromatic carbocycles. The number of aliphatic carboxylic acids is 1. The fourth-order valence-corrected chi connectivity index (χ4v) is 1.94. The number of carbonyl (C=O) groups is 1. The van der Waals surface area contributed by atoms with Crippen molar-refractivity contribution in [3.05, 3.63) is 12.4 Å². The standard InChI is InChI=1S/C7H11N3O4S/c1-10-5-6(4-8-10)9-15(13,14)3-2-7(11)12/h4-5,9H,2-3H2,1H3,(H,11,12). The molecule has 1 aromatic heterocycles. The van der Waals surface area contributed by atoms with Crippen molar-refractivity contribution in [2.75, 3.05) is 10.5 Å². The molecule has 8 heteroatoms. The summed E-state index contributed by atoms with van der Waals surface area (Å²) in [5, 5.41) is 12.1. The van der Waals surface area contributed by atoms with Crippen molar-refractivity contribution < 1.29 is 18.3 Å². The summed E-state index contributed by atoms with van der Waals surface area (Å²) < 4.78 is 26.3. The molecule has 0 radical (unpaired) electrons. The molecule has 1 heterocycles. The van der Waals surface area contributed by atoms with Crippen LogP contribution in [0.4, 0.5) is 5.69 Å². The highest BCUT2D eigenvalue weighted by Crippen LogP contribution is 2.07. The molecule has 0 aliphatic rings. The molecule has 0 atom stereocenters. The molecule has 0 saturated carbocycles. The Balaban J connectivity index is 2.60. The molecule has 0 bridgehead atoms. The summed E-state index contributed by atoms with van der Waals surface area (Å²) in [6, 6.07) is 0. The SMILES string of the molecule is Cn1cc(NS(=O)(=O)CCC(=O)O)cn1. The van der Waals surface area contributed by atoms with E-state index in [4.69, 9.17) is 5.11 Å². The van der Waals surface area contributed by atoms with Crippen LogP contribution in [0.3, 0.4) is 0 Å². The fraction of sp³-hybridized carbons (Fsp3) is 0.429. The van der Waals surface area contributed by atoms with Crippen LogP contribution in [-0.2, 0) is 21.9 Å². The van der Waals surface area contributed by atoms with Gasteiger partial charge in [0.25, 0.3) is 0 Å². The van der Waals surface area contributed by atoms with Gasteiger partial charge in [-0.25, -0.2) is 8.42 Å². The summed E-state index contributed by atoms with van der Waals surface area (Å²) in [5.74, 6) is -1.59. The number of rotatable bonds is 5. The minimum atomic E-state index is -3.60. The second-order valence-electron chi connectivity index (χ2n) is 2.97. The smallest absolute Gasteiger partial charge is 0.304 e. The van der Waals surface area contributed by atoms with E-state index in [0.717, 1.165) is 0 Å². The predicted octanol–water partition coefficient (Wildman–Crippen LogP) is -0.364. The van der Waals surface area contributed by atoms with Crippen molar-refractivity contribution in [1.82, 2.24) is 9.78 Å². The molecule has 0 spiro atoms. The van der Waals surface area contributed by atoms with Gasteiger partial charge in [-0.05, 0) is 0 Å². The molecule has 0 aliphatic carbocycles. The topological polar surface area (TPSA) is 101 Å². The van der Waals surface area contributed by atoms with Gasteiger partial charge in [0.1, 0.15) is 0 Å². The molecule has 0 unspecified atom stereocenters. The van der Waals surface area contributed by atoms with Crippen molar-refractivity contribution in [3.63, 3.8) is 0 Å². The van der Waals surface area contributed by atoms with Crippen molar-refractivity contribution >= 4 is 21.7 Å². The molecular formula is C7H11N3O4S. The number of aryl methyl sites for hydroxylation is 1. The van der Waals surface area contributed by atoms with Crippen LogP contribution in [0.25, 0.3) is 0 Å². The maximum Gasteiger partial charge on any atom is 0.304 e. The van der Waals surface area contributed by atoms with E-state index in [1.807, 2.05) is 0 Å². The summed E-state index contributed by atoms with van der Waals surface area (Å²) in [6.45, 7) is 0. The summed E-state index contributed by atoms with van der Waals surface area (Å²) in [6.07, 6.45) is 2.41. The van der Waals surface area contributed by atoms with E-state index in [-0.39, 0.29) is 0 Å². The number of nitrogens with one attached hydrogen (secondary N) is 1. The van der Waals surface area contributed by atoms with Crippen molar-refractivity contribution in [2.45, 2.75) is 6.42 Å². The zero-order valence-corrected chi connectivity index (χ0v) is 8.86. The fourth-order valence-electron chi connectivity index (χ4n) is 0.926. The van der Waals surface area contributed by atoms with Gasteiger partial charge in [0.05, 0.1) is 24.1 Å². The second kappa shape index (κ2) is 4.30. The van der Waals surface area contributed by atoms with Gasteiger partial charge >= 0.3 is 5.97 Å². The Morgan fingerprint density at radius 1 is 1.67 bits per heavy atom. The molecular weight excluding hydrogens is 222 g/mol. The number of carboxylic acid groups (broad SMARTS) is 1. The molecule has 84 valence electrons. The number of hydrogen-bond donors (Lipinski definition) is 2. The molecule has 0 fully saturated rings. The second-order valence-corrected chi connectivity index (χ2v) is 4.81. The third-order valence-electron chi connectivity index (χ3n) is 1.56. The van der Waals surface area contributed by atoms with Crippen LogP contribution >= 0.6 is 0 Å². The van der Waals surface area contributed by atoms with Gasteiger partial charge in [0, 0.05) is 13.2 Å². The van der Waals surface area contributed by atoms with Crippen LogP contribution in [-0.4, -0.2) is 35.0 Å². The average molecular weight is 233 g/mol. The lowest BCUT2D eigenvalue weighted by molar-refractivity contribution is -0.136. The first-order chi connectivity index (χ1) is 6.89. The first-order valence-corrected chi connectivity index (χ1v) is 5.75. The molecule has 0 aliphatic heterocycles. The lowest BCUT2D eigenvalue weighted by Crippen LogP contribution is -2.18. The van der Waals surface area contributed by atoms with Gasteiger partial charge in [0.15, 0.2) is 0 Å². The molecule has 7 nitrogen and oxygen atoms in total. The van der Waals surface area contributed by atoms with E-state index < -0.39 is 28.2 Å². The van der Waals surface area contributed by atoms with Gasteiger partial charge in [-0.2, -0.15) is 5.10 Å². The maximum absolute atomic E-state index is 11.3. The third-order valence-corrected chi connectivity index (χ3v) is 2.85. The maximum atomic E-state index is 11.3. The van der Waals surface area contributed by atoms with Gasteiger partial charge in [0.2, 0.25) is 10.0 Å². The van der Waals surface area contributed by atoms with Gasteiger partial charge in [-0.3, -0.25) is 14.2 Å². The highest BCUT2D eigenvalue weighted by molar-refractivity contribution is 7.92. The number of carboxylic acids is 1. The van der Waals surface area contributed by atoms with E-state index in [2.05, 4.69) is 9.82 Å². The van der Waals surface area contributed by atoms with E-state index in [1.54, 1.807) is 7.05 Å². The van der Waals surface area contributed by atoms with Crippen LogP contribution in [0.15, 0.2) is 12.4 Å².